The third-order valence-corrected chi connectivity index (χ3v) is 4.76. The van der Waals surface area contributed by atoms with E-state index in [2.05, 4.69) is 52.4 Å². The minimum Gasteiger partial charge on any atom is -0.310 e. The van der Waals surface area contributed by atoms with Crippen LogP contribution in [0.15, 0.2) is 46.9 Å². The van der Waals surface area contributed by atoms with Gasteiger partial charge in [0.05, 0.1) is 0 Å². The number of hydrogen-bond donors (Lipinski definition) is 1. The molecule has 0 saturated heterocycles. The highest BCUT2D eigenvalue weighted by molar-refractivity contribution is 9.10. The second-order valence-electron chi connectivity index (χ2n) is 5.64. The van der Waals surface area contributed by atoms with Crippen molar-refractivity contribution in [1.29, 1.82) is 0 Å². The van der Waals surface area contributed by atoms with Crippen LogP contribution in [-0.2, 0) is 12.8 Å². The Morgan fingerprint density at radius 2 is 2.05 bits per heavy atom. The van der Waals surface area contributed by atoms with Gasteiger partial charge < -0.3 is 5.32 Å². The highest BCUT2D eigenvalue weighted by atomic mass is 79.9. The van der Waals surface area contributed by atoms with E-state index in [0.29, 0.717) is 12.0 Å². The first-order valence-corrected chi connectivity index (χ1v) is 8.23. The summed E-state index contributed by atoms with van der Waals surface area (Å²) in [5.74, 6) is 0.300. The van der Waals surface area contributed by atoms with Crippen molar-refractivity contribution in [3.63, 3.8) is 0 Å². The molecule has 0 bridgehead atoms. The zero-order valence-corrected chi connectivity index (χ0v) is 13.7. The Hall–Kier alpha value is -1.19. The van der Waals surface area contributed by atoms with Gasteiger partial charge in [-0.1, -0.05) is 53.2 Å². The van der Waals surface area contributed by atoms with Gasteiger partial charge in [0, 0.05) is 10.5 Å². The Labute approximate surface area is 133 Å². The third-order valence-electron chi connectivity index (χ3n) is 4.26. The molecule has 2 unspecified atom stereocenters. The first-order chi connectivity index (χ1) is 10.2. The SMILES string of the molecule is CCNC1c2ccccc2CC1Cc1ccc(Br)cc1F. The average Bonchev–Trinajstić information content (AvgIpc) is 2.81. The summed E-state index contributed by atoms with van der Waals surface area (Å²) in [5.41, 5.74) is 3.58. The molecule has 1 N–H and O–H groups in total. The van der Waals surface area contributed by atoms with Gasteiger partial charge in [0.1, 0.15) is 5.82 Å². The third kappa shape index (κ3) is 3.04. The van der Waals surface area contributed by atoms with E-state index in [0.717, 1.165) is 29.4 Å². The summed E-state index contributed by atoms with van der Waals surface area (Å²) in [6.45, 7) is 3.05. The maximum absolute atomic E-state index is 14.1. The molecule has 0 heterocycles. The van der Waals surface area contributed by atoms with E-state index < -0.39 is 0 Å². The Morgan fingerprint density at radius 3 is 2.81 bits per heavy atom. The maximum Gasteiger partial charge on any atom is 0.127 e. The first kappa shape index (κ1) is 14.7. The lowest BCUT2D eigenvalue weighted by molar-refractivity contribution is 0.389. The van der Waals surface area contributed by atoms with Gasteiger partial charge in [-0.3, -0.25) is 0 Å². The predicted octanol–water partition coefficient (Wildman–Crippen LogP) is 4.65. The van der Waals surface area contributed by atoms with E-state index in [1.54, 1.807) is 6.07 Å². The molecule has 2 aromatic carbocycles. The van der Waals surface area contributed by atoms with Crippen molar-refractivity contribution in [1.82, 2.24) is 5.32 Å². The minimum atomic E-state index is -0.115. The van der Waals surface area contributed by atoms with Crippen molar-refractivity contribution in [3.8, 4) is 0 Å². The topological polar surface area (TPSA) is 12.0 Å². The molecule has 3 rings (SSSR count). The number of fused-ring (bicyclic) bond motifs is 1. The fourth-order valence-electron chi connectivity index (χ4n) is 3.33. The molecule has 2 aromatic rings. The monoisotopic (exact) mass is 347 g/mol. The Balaban J connectivity index is 1.85. The molecule has 0 fully saturated rings. The van der Waals surface area contributed by atoms with Crippen LogP contribution in [0.25, 0.3) is 0 Å². The zero-order chi connectivity index (χ0) is 14.8. The summed E-state index contributed by atoms with van der Waals surface area (Å²) in [4.78, 5) is 0. The molecule has 21 heavy (non-hydrogen) atoms. The van der Waals surface area contributed by atoms with Gasteiger partial charge in [0.25, 0.3) is 0 Å². The normalized spacial score (nSPS) is 20.5. The minimum absolute atomic E-state index is 0.115. The summed E-state index contributed by atoms with van der Waals surface area (Å²) < 4.78 is 14.9. The Morgan fingerprint density at radius 1 is 1.24 bits per heavy atom. The Bertz CT molecular complexity index is 641. The van der Waals surface area contributed by atoms with Gasteiger partial charge in [-0.25, -0.2) is 4.39 Å². The Kier molecular flexibility index (Phi) is 4.41. The van der Waals surface area contributed by atoms with Gasteiger partial charge in [-0.15, -0.1) is 0 Å². The zero-order valence-electron chi connectivity index (χ0n) is 12.1. The number of nitrogens with one attached hydrogen (secondary N) is 1. The van der Waals surface area contributed by atoms with Gasteiger partial charge in [0.2, 0.25) is 0 Å². The molecular formula is C18H19BrFN. The van der Waals surface area contributed by atoms with Crippen LogP contribution in [0.1, 0.15) is 29.7 Å². The molecular weight excluding hydrogens is 329 g/mol. The van der Waals surface area contributed by atoms with Gasteiger partial charge in [-0.05, 0) is 54.1 Å². The van der Waals surface area contributed by atoms with Crippen molar-refractivity contribution in [2.24, 2.45) is 5.92 Å². The van der Waals surface area contributed by atoms with E-state index in [1.807, 2.05) is 12.1 Å². The molecule has 0 spiro atoms. The van der Waals surface area contributed by atoms with Crippen molar-refractivity contribution >= 4 is 15.9 Å². The molecule has 1 aliphatic carbocycles. The quantitative estimate of drug-likeness (QED) is 0.848. The first-order valence-electron chi connectivity index (χ1n) is 7.44. The van der Waals surface area contributed by atoms with E-state index in [4.69, 9.17) is 0 Å². The van der Waals surface area contributed by atoms with Crippen LogP contribution in [0.5, 0.6) is 0 Å². The number of hydrogen-bond acceptors (Lipinski definition) is 1. The molecule has 1 aliphatic rings. The highest BCUT2D eigenvalue weighted by Crippen LogP contribution is 2.38. The second-order valence-corrected chi connectivity index (χ2v) is 6.55. The lowest BCUT2D eigenvalue weighted by Gasteiger charge is -2.21. The van der Waals surface area contributed by atoms with E-state index in [9.17, 15) is 4.39 Å². The summed E-state index contributed by atoms with van der Waals surface area (Å²) in [6.07, 6.45) is 1.79. The van der Waals surface area contributed by atoms with Gasteiger partial charge in [0.15, 0.2) is 0 Å². The molecule has 3 heteroatoms. The molecule has 0 saturated carbocycles. The van der Waals surface area contributed by atoms with Crippen molar-refractivity contribution in [3.05, 3.63) is 69.4 Å². The van der Waals surface area contributed by atoms with Gasteiger partial charge >= 0.3 is 0 Å². The summed E-state index contributed by atoms with van der Waals surface area (Å²) in [5, 5.41) is 3.57. The van der Waals surface area contributed by atoms with E-state index in [-0.39, 0.29) is 5.82 Å². The van der Waals surface area contributed by atoms with E-state index >= 15 is 0 Å². The predicted molar refractivity (Wildman–Crippen MR) is 87.9 cm³/mol. The smallest absolute Gasteiger partial charge is 0.127 e. The second kappa shape index (κ2) is 6.29. The van der Waals surface area contributed by atoms with Crippen LogP contribution in [-0.4, -0.2) is 6.54 Å². The standard InChI is InChI=1S/C18H19BrFN/c1-2-21-18-14(9-12-5-3-4-6-16(12)18)10-13-7-8-15(19)11-17(13)20/h3-8,11,14,18,21H,2,9-10H2,1H3. The molecule has 2 atom stereocenters. The molecule has 0 amide bonds. The lowest BCUT2D eigenvalue weighted by Crippen LogP contribution is -2.26. The molecule has 0 aliphatic heterocycles. The molecule has 0 radical (unpaired) electrons. The summed E-state index contributed by atoms with van der Waals surface area (Å²) in [7, 11) is 0. The van der Waals surface area contributed by atoms with Crippen molar-refractivity contribution in [2.75, 3.05) is 6.54 Å². The molecule has 1 nitrogen and oxygen atoms in total. The fraction of sp³-hybridized carbons (Fsp3) is 0.333. The number of rotatable bonds is 4. The van der Waals surface area contributed by atoms with Crippen molar-refractivity contribution in [2.45, 2.75) is 25.8 Å². The van der Waals surface area contributed by atoms with Crippen LogP contribution < -0.4 is 5.32 Å². The largest absolute Gasteiger partial charge is 0.310 e. The van der Waals surface area contributed by atoms with Crippen LogP contribution in [0.2, 0.25) is 0 Å². The van der Waals surface area contributed by atoms with Crippen LogP contribution in [0.4, 0.5) is 4.39 Å². The van der Waals surface area contributed by atoms with Crippen LogP contribution in [0, 0.1) is 11.7 Å². The summed E-state index contributed by atoms with van der Waals surface area (Å²) in [6, 6.07) is 14.3. The molecule has 110 valence electrons. The average molecular weight is 348 g/mol. The number of benzene rings is 2. The lowest BCUT2D eigenvalue weighted by atomic mass is 9.92. The van der Waals surface area contributed by atoms with Crippen LogP contribution >= 0.6 is 15.9 Å². The highest BCUT2D eigenvalue weighted by Gasteiger charge is 2.31. The van der Waals surface area contributed by atoms with Crippen LogP contribution in [0.3, 0.4) is 0 Å². The van der Waals surface area contributed by atoms with Crippen molar-refractivity contribution < 1.29 is 4.39 Å². The molecule has 0 aromatic heterocycles. The maximum atomic E-state index is 14.1. The van der Waals surface area contributed by atoms with Gasteiger partial charge in [-0.2, -0.15) is 0 Å². The number of halogens is 2. The summed E-state index contributed by atoms with van der Waals surface area (Å²) >= 11 is 3.32. The fourth-order valence-corrected chi connectivity index (χ4v) is 3.67. The van der Waals surface area contributed by atoms with E-state index in [1.165, 1.54) is 11.1 Å².